The zero-order valence-corrected chi connectivity index (χ0v) is 17.5. The Morgan fingerprint density at radius 3 is 2.55 bits per heavy atom. The van der Waals surface area contributed by atoms with Gasteiger partial charge in [0.2, 0.25) is 0 Å². The van der Waals surface area contributed by atoms with Crippen LogP contribution in [0.25, 0.3) is 0 Å². The fraction of sp³-hybridized carbons (Fsp3) is 0.286. The number of amides is 1. The van der Waals surface area contributed by atoms with E-state index in [2.05, 4.69) is 32.2 Å². The first-order chi connectivity index (χ1) is 14.2. The molecule has 1 aromatic heterocycles. The third-order valence-electron chi connectivity index (χ3n) is 4.98. The number of thioether (sulfide) groups is 1. The third-order valence-corrected chi connectivity index (χ3v) is 6.16. The van der Waals surface area contributed by atoms with Gasteiger partial charge in [-0.2, -0.15) is 5.10 Å². The number of rotatable bonds is 6. The normalized spacial score (nSPS) is 14.9. The highest BCUT2D eigenvalue weighted by Gasteiger charge is 2.23. The van der Waals surface area contributed by atoms with Gasteiger partial charge in [-0.05, 0) is 29.3 Å². The van der Waals surface area contributed by atoms with Crippen LogP contribution in [0.4, 0.5) is 0 Å². The number of H-pyrrole nitrogens is 1. The number of hydrogen-bond acceptors (Lipinski definition) is 5. The standard InChI is InChI=1S/C21H22ClN5OS/c22-18-7-5-16(6-8-18)13-26-9-11-27(12-10-26)20(28)19-4-2-1-3-17(19)14-29-21-23-15-24-25-21/h1-8,15H,9-14H2,(H,23,24,25). The van der Waals surface area contributed by atoms with E-state index in [0.29, 0.717) is 5.75 Å². The molecule has 0 unspecified atom stereocenters. The van der Waals surface area contributed by atoms with Gasteiger partial charge in [0.1, 0.15) is 6.33 Å². The van der Waals surface area contributed by atoms with Crippen LogP contribution in [-0.4, -0.2) is 57.1 Å². The highest BCUT2D eigenvalue weighted by molar-refractivity contribution is 7.98. The smallest absolute Gasteiger partial charge is 0.254 e. The molecule has 1 aliphatic heterocycles. The van der Waals surface area contributed by atoms with E-state index in [-0.39, 0.29) is 5.91 Å². The third kappa shape index (κ3) is 5.18. The van der Waals surface area contributed by atoms with Gasteiger partial charge in [0, 0.05) is 49.1 Å². The number of carbonyl (C=O) groups excluding carboxylic acids is 1. The summed E-state index contributed by atoms with van der Waals surface area (Å²) < 4.78 is 0. The average molecular weight is 428 g/mol. The van der Waals surface area contributed by atoms with Crippen LogP contribution in [0.15, 0.2) is 60.0 Å². The molecule has 6 nitrogen and oxygen atoms in total. The van der Waals surface area contributed by atoms with E-state index < -0.39 is 0 Å². The zero-order valence-electron chi connectivity index (χ0n) is 15.9. The van der Waals surface area contributed by atoms with Crippen molar-refractivity contribution >= 4 is 29.3 Å². The maximum atomic E-state index is 13.1. The van der Waals surface area contributed by atoms with Crippen LogP contribution in [0.3, 0.4) is 0 Å². The summed E-state index contributed by atoms with van der Waals surface area (Å²) in [7, 11) is 0. The predicted octanol–water partition coefficient (Wildman–Crippen LogP) is 3.71. The van der Waals surface area contributed by atoms with E-state index >= 15 is 0 Å². The van der Waals surface area contributed by atoms with Crippen molar-refractivity contribution < 1.29 is 4.79 Å². The lowest BCUT2D eigenvalue weighted by Gasteiger charge is -2.35. The predicted molar refractivity (Wildman–Crippen MR) is 115 cm³/mol. The molecule has 2 heterocycles. The minimum absolute atomic E-state index is 0.102. The van der Waals surface area contributed by atoms with Crippen molar-refractivity contribution in [2.24, 2.45) is 0 Å². The van der Waals surface area contributed by atoms with Gasteiger partial charge in [0.25, 0.3) is 5.91 Å². The summed E-state index contributed by atoms with van der Waals surface area (Å²) in [6, 6.07) is 15.8. The van der Waals surface area contributed by atoms with Gasteiger partial charge in [0.05, 0.1) is 0 Å². The largest absolute Gasteiger partial charge is 0.336 e. The number of aromatic amines is 1. The van der Waals surface area contributed by atoms with Gasteiger partial charge in [-0.3, -0.25) is 14.8 Å². The first-order valence-electron chi connectivity index (χ1n) is 9.51. The number of carbonyl (C=O) groups is 1. The summed E-state index contributed by atoms with van der Waals surface area (Å²) in [6.07, 6.45) is 1.49. The molecule has 0 radical (unpaired) electrons. The zero-order chi connectivity index (χ0) is 20.1. The SMILES string of the molecule is O=C(c1ccccc1CSc1ncn[nH]1)N1CCN(Cc2ccc(Cl)cc2)CC1. The molecule has 2 aromatic carbocycles. The van der Waals surface area contributed by atoms with Crippen molar-refractivity contribution in [2.45, 2.75) is 17.5 Å². The lowest BCUT2D eigenvalue weighted by atomic mass is 10.1. The van der Waals surface area contributed by atoms with E-state index in [0.717, 1.165) is 54.0 Å². The van der Waals surface area contributed by atoms with Gasteiger partial charge in [-0.25, -0.2) is 4.98 Å². The first kappa shape index (κ1) is 19.9. The van der Waals surface area contributed by atoms with Crippen LogP contribution in [0.1, 0.15) is 21.5 Å². The van der Waals surface area contributed by atoms with Crippen molar-refractivity contribution in [3.05, 3.63) is 76.6 Å². The summed E-state index contributed by atoms with van der Waals surface area (Å²) in [5.41, 5.74) is 3.03. The van der Waals surface area contributed by atoms with Gasteiger partial charge >= 0.3 is 0 Å². The Morgan fingerprint density at radius 2 is 1.83 bits per heavy atom. The van der Waals surface area contributed by atoms with E-state index in [1.54, 1.807) is 11.8 Å². The number of nitrogens with one attached hydrogen (secondary N) is 1. The van der Waals surface area contributed by atoms with Gasteiger partial charge in [-0.15, -0.1) is 0 Å². The van der Waals surface area contributed by atoms with Crippen molar-refractivity contribution in [3.63, 3.8) is 0 Å². The van der Waals surface area contributed by atoms with Crippen molar-refractivity contribution in [2.75, 3.05) is 26.2 Å². The van der Waals surface area contributed by atoms with Gasteiger partial charge in [-0.1, -0.05) is 53.7 Å². The molecule has 1 amide bonds. The second-order valence-electron chi connectivity index (χ2n) is 6.93. The molecule has 3 aromatic rings. The highest BCUT2D eigenvalue weighted by atomic mass is 35.5. The van der Waals surface area contributed by atoms with Crippen LogP contribution in [0.5, 0.6) is 0 Å². The number of nitrogens with zero attached hydrogens (tertiary/aromatic N) is 4. The van der Waals surface area contributed by atoms with Crippen LogP contribution in [-0.2, 0) is 12.3 Å². The lowest BCUT2D eigenvalue weighted by Crippen LogP contribution is -2.48. The molecular weight excluding hydrogens is 406 g/mol. The number of piperazine rings is 1. The summed E-state index contributed by atoms with van der Waals surface area (Å²) in [6.45, 7) is 4.07. The first-order valence-corrected chi connectivity index (χ1v) is 10.9. The van der Waals surface area contributed by atoms with E-state index in [4.69, 9.17) is 11.6 Å². The summed E-state index contributed by atoms with van der Waals surface area (Å²) in [5, 5.41) is 8.21. The molecule has 0 atom stereocenters. The van der Waals surface area contributed by atoms with E-state index in [1.165, 1.54) is 11.9 Å². The van der Waals surface area contributed by atoms with Gasteiger partial charge in [0.15, 0.2) is 5.16 Å². The Hall–Kier alpha value is -2.35. The van der Waals surface area contributed by atoms with Crippen molar-refractivity contribution in [1.82, 2.24) is 25.0 Å². The average Bonchev–Trinajstić information content (AvgIpc) is 3.28. The molecule has 0 aliphatic carbocycles. The molecule has 1 fully saturated rings. The molecule has 29 heavy (non-hydrogen) atoms. The number of aromatic nitrogens is 3. The molecular formula is C21H22ClN5OS. The second-order valence-corrected chi connectivity index (χ2v) is 8.33. The fourth-order valence-corrected chi connectivity index (χ4v) is 4.30. The topological polar surface area (TPSA) is 65.1 Å². The Morgan fingerprint density at radius 1 is 1.07 bits per heavy atom. The van der Waals surface area contributed by atoms with E-state index in [9.17, 15) is 4.79 Å². The minimum atomic E-state index is 0.102. The van der Waals surface area contributed by atoms with Crippen molar-refractivity contribution in [1.29, 1.82) is 0 Å². The molecule has 1 saturated heterocycles. The number of hydrogen-bond donors (Lipinski definition) is 1. The van der Waals surface area contributed by atoms with Crippen LogP contribution < -0.4 is 0 Å². The number of halogens is 1. The second kappa shape index (κ2) is 9.43. The molecule has 8 heteroatoms. The monoisotopic (exact) mass is 427 g/mol. The molecule has 0 spiro atoms. The fourth-order valence-electron chi connectivity index (χ4n) is 3.39. The molecule has 4 rings (SSSR count). The Balaban J connectivity index is 1.35. The number of benzene rings is 2. The molecule has 0 bridgehead atoms. The summed E-state index contributed by atoms with van der Waals surface area (Å²) >= 11 is 7.51. The quantitative estimate of drug-likeness (QED) is 0.607. The van der Waals surface area contributed by atoms with Crippen LogP contribution in [0, 0.1) is 0 Å². The maximum absolute atomic E-state index is 13.1. The van der Waals surface area contributed by atoms with E-state index in [1.807, 2.05) is 41.3 Å². The van der Waals surface area contributed by atoms with Crippen LogP contribution >= 0.6 is 23.4 Å². The lowest BCUT2D eigenvalue weighted by molar-refractivity contribution is 0.0627. The minimum Gasteiger partial charge on any atom is -0.336 e. The van der Waals surface area contributed by atoms with Gasteiger partial charge < -0.3 is 4.90 Å². The maximum Gasteiger partial charge on any atom is 0.254 e. The molecule has 1 N–H and O–H groups in total. The summed E-state index contributed by atoms with van der Waals surface area (Å²) in [4.78, 5) is 21.6. The Kier molecular flexibility index (Phi) is 6.49. The Bertz CT molecular complexity index is 940. The molecule has 1 aliphatic rings. The molecule has 0 saturated carbocycles. The molecule has 150 valence electrons. The summed E-state index contributed by atoms with van der Waals surface area (Å²) in [5.74, 6) is 0.776. The Labute approximate surface area is 179 Å². The van der Waals surface area contributed by atoms with Crippen molar-refractivity contribution in [3.8, 4) is 0 Å². The van der Waals surface area contributed by atoms with Crippen LogP contribution in [0.2, 0.25) is 5.02 Å². The highest BCUT2D eigenvalue weighted by Crippen LogP contribution is 2.22.